The van der Waals surface area contributed by atoms with E-state index in [1.54, 1.807) is 0 Å². The number of rotatable bonds is 6. The van der Waals surface area contributed by atoms with E-state index in [1.165, 1.54) is 0 Å². The third kappa shape index (κ3) is 5.04. The molecule has 3 rings (SSSR count). The Morgan fingerprint density at radius 2 is 1.84 bits per heavy atom. The summed E-state index contributed by atoms with van der Waals surface area (Å²) in [4.78, 5) is 36.9. The lowest BCUT2D eigenvalue weighted by Gasteiger charge is -2.20. The minimum atomic E-state index is -5.44. The molecule has 20 heteroatoms. The first kappa shape index (κ1) is 23.9. The number of nitrogens with zero attached hydrogens (tertiary/aromatic N) is 4. The highest BCUT2D eigenvalue weighted by Crippen LogP contribution is 2.57. The van der Waals surface area contributed by atoms with Gasteiger partial charge >= 0.3 is 21.8 Å². The van der Waals surface area contributed by atoms with Gasteiger partial charge in [-0.2, -0.15) is 17.5 Å². The van der Waals surface area contributed by atoms with Gasteiger partial charge in [0, 0.05) is 0 Å². The van der Waals surface area contributed by atoms with E-state index >= 15 is 0 Å². The molecular weight excluding hydrogens is 481 g/mol. The number of hydrogen-bond acceptors (Lipinski definition) is 11. The molecule has 0 saturated carbocycles. The Balaban J connectivity index is 1.92. The Morgan fingerprint density at radius 1 is 1.19 bits per heavy atom. The Kier molecular flexibility index (Phi) is 6.18. The van der Waals surface area contributed by atoms with Gasteiger partial charge in [-0.05, 0) is 0 Å². The van der Waals surface area contributed by atoms with Crippen LogP contribution in [0.3, 0.4) is 0 Å². The van der Waals surface area contributed by atoms with Crippen molar-refractivity contribution in [2.75, 3.05) is 12.3 Å². The van der Waals surface area contributed by atoms with E-state index in [4.69, 9.17) is 20.3 Å². The van der Waals surface area contributed by atoms with Crippen LogP contribution >= 0.6 is 15.6 Å². The fraction of sp³-hybridized carbons (Fsp3) is 0.545. The van der Waals surface area contributed by atoms with Gasteiger partial charge in [0.05, 0.1) is 6.61 Å². The fourth-order valence-corrected chi connectivity index (χ4v) is 4.37. The molecule has 1 unspecified atom stereocenters. The topological polar surface area (TPSA) is 233 Å². The molecule has 31 heavy (non-hydrogen) atoms. The normalized spacial score (nSPS) is 27.0. The van der Waals surface area contributed by atoms with Gasteiger partial charge in [-0.3, -0.25) is 9.09 Å². The van der Waals surface area contributed by atoms with Crippen molar-refractivity contribution in [3.8, 4) is 0 Å². The monoisotopic (exact) mass is 495 g/mol. The van der Waals surface area contributed by atoms with Crippen LogP contribution in [0.2, 0.25) is 0 Å². The molecule has 3 heterocycles. The number of nitrogen functional groups attached to an aromatic ring is 1. The number of hydrogen-bond donors (Lipinski definition) is 6. The summed E-state index contributed by atoms with van der Waals surface area (Å²) in [5.74, 6) is -2.00. The molecule has 174 valence electrons. The molecule has 2 aromatic heterocycles. The lowest BCUT2D eigenvalue weighted by Crippen LogP contribution is -2.34. The van der Waals surface area contributed by atoms with E-state index in [2.05, 4.69) is 23.8 Å². The highest BCUT2D eigenvalue weighted by Gasteiger charge is 2.49. The van der Waals surface area contributed by atoms with E-state index in [0.29, 0.717) is 4.57 Å². The lowest BCUT2D eigenvalue weighted by atomic mass is 10.1. The number of ether oxygens (including phenoxy) is 1. The molecule has 5 atom stereocenters. The molecule has 0 aliphatic carbocycles. The number of aromatic nitrogens is 4. The summed E-state index contributed by atoms with van der Waals surface area (Å²) in [6.45, 7) is -1.10. The summed E-state index contributed by atoms with van der Waals surface area (Å²) >= 11 is 0. The first-order valence-corrected chi connectivity index (χ1v) is 10.9. The van der Waals surface area contributed by atoms with Gasteiger partial charge in [-0.25, -0.2) is 24.1 Å². The van der Waals surface area contributed by atoms with E-state index in [0.717, 1.165) is 6.33 Å². The molecule has 0 bridgehead atoms. The molecule has 1 aliphatic rings. The Labute approximate surface area is 169 Å². The number of aliphatic hydroxyl groups is 2. The molecule has 0 radical (unpaired) electrons. The number of halogens is 3. The zero-order valence-corrected chi connectivity index (χ0v) is 16.6. The van der Waals surface area contributed by atoms with Crippen LogP contribution in [0.4, 0.5) is 19.0 Å². The summed E-state index contributed by atoms with van der Waals surface area (Å²) in [5, 5.41) is 20.3. The first-order valence-electron chi connectivity index (χ1n) is 7.92. The number of alkyl halides is 3. The van der Waals surface area contributed by atoms with E-state index in [-0.39, 0.29) is 0 Å². The van der Waals surface area contributed by atoms with Crippen molar-refractivity contribution in [3.05, 3.63) is 12.2 Å². The number of aliphatic hydroxyl groups excluding tert-OH is 2. The molecule has 0 amide bonds. The number of anilines is 1. The minimum Gasteiger partial charge on any atom is -0.387 e. The van der Waals surface area contributed by atoms with E-state index in [1.807, 2.05) is 0 Å². The van der Waals surface area contributed by atoms with Crippen LogP contribution in [-0.2, 0) is 28.9 Å². The zero-order chi connectivity index (χ0) is 23.4. The Bertz CT molecular complexity index is 1080. The largest absolute Gasteiger partial charge is 0.481 e. The van der Waals surface area contributed by atoms with Crippen molar-refractivity contribution in [1.82, 2.24) is 19.5 Å². The maximum atomic E-state index is 13.5. The molecule has 1 aliphatic heterocycles. The van der Waals surface area contributed by atoms with Crippen LogP contribution in [0.15, 0.2) is 6.33 Å². The summed E-state index contributed by atoms with van der Waals surface area (Å²) in [6, 6.07) is 0. The van der Waals surface area contributed by atoms with Crippen LogP contribution in [-0.4, -0.2) is 69.3 Å². The maximum absolute atomic E-state index is 13.5. The van der Waals surface area contributed by atoms with Gasteiger partial charge in [-0.1, -0.05) is 0 Å². The average molecular weight is 495 g/mol. The van der Waals surface area contributed by atoms with Crippen molar-refractivity contribution in [2.45, 2.75) is 30.7 Å². The van der Waals surface area contributed by atoms with Crippen molar-refractivity contribution in [3.63, 3.8) is 0 Å². The van der Waals surface area contributed by atoms with Crippen molar-refractivity contribution in [1.29, 1.82) is 0 Å². The predicted molar refractivity (Wildman–Crippen MR) is 89.6 cm³/mol. The first-order chi connectivity index (χ1) is 14.1. The number of imidazole rings is 1. The predicted octanol–water partition coefficient (Wildman–Crippen LogP) is -0.727. The summed E-state index contributed by atoms with van der Waals surface area (Å²) < 4.78 is 75.9. The van der Waals surface area contributed by atoms with Crippen LogP contribution in [0.1, 0.15) is 12.1 Å². The molecule has 7 N–H and O–H groups in total. The molecule has 0 spiro atoms. The van der Waals surface area contributed by atoms with Crippen molar-refractivity contribution < 1.29 is 60.8 Å². The molecular formula is C11H14F3N5O10P2. The lowest BCUT2D eigenvalue weighted by molar-refractivity contribution is -0.154. The molecule has 15 nitrogen and oxygen atoms in total. The van der Waals surface area contributed by atoms with Gasteiger partial charge in [-0.15, -0.1) is 0 Å². The zero-order valence-electron chi connectivity index (χ0n) is 14.8. The number of phosphoric acid groups is 2. The van der Waals surface area contributed by atoms with Gasteiger partial charge in [0.1, 0.15) is 24.6 Å². The van der Waals surface area contributed by atoms with Gasteiger partial charge in [0.25, 0.3) is 0 Å². The molecule has 1 saturated heterocycles. The number of phosphoric ester groups is 1. The second-order valence-electron chi connectivity index (χ2n) is 6.12. The molecule has 0 aromatic carbocycles. The SMILES string of the molecule is Nc1ncnc2c1nc(C(F)(F)F)n2[C@@H]1O[C@H](COP(=O)(O)OP(=O)(O)O)[C@@H](O)[C@H]1O. The van der Waals surface area contributed by atoms with Crippen molar-refractivity contribution in [2.24, 2.45) is 0 Å². The highest BCUT2D eigenvalue weighted by molar-refractivity contribution is 7.60. The second kappa shape index (κ2) is 8.00. The van der Waals surface area contributed by atoms with Crippen LogP contribution in [0, 0.1) is 0 Å². The Morgan fingerprint density at radius 3 is 2.42 bits per heavy atom. The third-order valence-electron chi connectivity index (χ3n) is 3.96. The van der Waals surface area contributed by atoms with Crippen LogP contribution < -0.4 is 5.73 Å². The van der Waals surface area contributed by atoms with Crippen molar-refractivity contribution >= 4 is 32.6 Å². The van der Waals surface area contributed by atoms with Crippen LogP contribution in [0.5, 0.6) is 0 Å². The van der Waals surface area contributed by atoms with Gasteiger partial charge in [0.2, 0.25) is 5.82 Å². The molecule has 1 fully saturated rings. The standard InChI is InChI=1S/C11H14F3N5O10P2/c12-11(13,14)10-18-4-7(15)16-2-17-8(4)19(10)9-6(21)5(20)3(28-9)1-27-31(25,26)29-30(22,23)24/h2-3,5-6,9,20-21H,1H2,(H,25,26)(H2,15,16,17)(H2,22,23,24)/t3-,5-,6-,9-/m1/s1. The van der Waals surface area contributed by atoms with Gasteiger partial charge in [0.15, 0.2) is 23.2 Å². The summed E-state index contributed by atoms with van der Waals surface area (Å²) in [7, 11) is -10.8. The summed E-state index contributed by atoms with van der Waals surface area (Å²) in [5.41, 5.74) is 4.56. The van der Waals surface area contributed by atoms with E-state index < -0.39 is 75.8 Å². The minimum absolute atomic E-state index is 0.311. The smallest absolute Gasteiger partial charge is 0.387 e. The third-order valence-corrected chi connectivity index (χ3v) is 6.11. The molecule has 2 aromatic rings. The number of nitrogens with two attached hydrogens (primary N) is 1. The summed E-state index contributed by atoms with van der Waals surface area (Å²) in [6.07, 6.45) is -11.9. The fourth-order valence-electron chi connectivity index (χ4n) is 2.77. The van der Waals surface area contributed by atoms with E-state index in [9.17, 15) is 37.4 Å². The van der Waals surface area contributed by atoms with Gasteiger partial charge < -0.3 is 35.4 Å². The average Bonchev–Trinajstić information content (AvgIpc) is 3.11. The highest BCUT2D eigenvalue weighted by atomic mass is 31.3. The second-order valence-corrected chi connectivity index (χ2v) is 8.95. The maximum Gasteiger partial charge on any atom is 0.481 e. The Hall–Kier alpha value is -1.72. The quantitative estimate of drug-likeness (QED) is 0.271. The van der Waals surface area contributed by atoms with Crippen LogP contribution in [0.25, 0.3) is 11.2 Å². The number of fused-ring (bicyclic) bond motifs is 1.